The van der Waals surface area contributed by atoms with Gasteiger partial charge in [0.2, 0.25) is 5.91 Å². The predicted octanol–water partition coefficient (Wildman–Crippen LogP) is 5.35. The lowest BCUT2D eigenvalue weighted by atomic mass is 9.85. The number of esters is 2. The number of hydrogen-bond donors (Lipinski definition) is 1. The molecule has 0 aliphatic carbocycles. The van der Waals surface area contributed by atoms with Gasteiger partial charge >= 0.3 is 18.0 Å². The second-order valence-electron chi connectivity index (χ2n) is 13.6. The van der Waals surface area contributed by atoms with Crippen LogP contribution in [-0.4, -0.2) is 68.3 Å². The molecule has 1 saturated heterocycles. The smallest absolute Gasteiger partial charge is 0.407 e. The normalized spacial score (nSPS) is 24.2. The number of carbonyl (C=O) groups excluding carboxylic acids is 4. The number of benzene rings is 2. The Bertz CT molecular complexity index is 1470. The number of nitrogens with zero attached hydrogens (tertiary/aromatic N) is 1. The van der Waals surface area contributed by atoms with E-state index in [1.807, 2.05) is 57.2 Å². The summed E-state index contributed by atoms with van der Waals surface area (Å²) in [7, 11) is 2.87. The first-order valence-corrected chi connectivity index (χ1v) is 14.9. The highest BCUT2D eigenvalue weighted by molar-refractivity contribution is 5.92. The Morgan fingerprint density at radius 1 is 1.07 bits per heavy atom. The van der Waals surface area contributed by atoms with Gasteiger partial charge in [-0.2, -0.15) is 0 Å². The van der Waals surface area contributed by atoms with Crippen LogP contribution in [0.4, 0.5) is 4.79 Å². The summed E-state index contributed by atoms with van der Waals surface area (Å²) in [5.41, 5.74) is -0.772. The second-order valence-corrected chi connectivity index (χ2v) is 13.6. The van der Waals surface area contributed by atoms with E-state index in [1.165, 1.54) is 18.9 Å². The topological polar surface area (TPSA) is 120 Å². The zero-order valence-corrected chi connectivity index (χ0v) is 26.9. The van der Waals surface area contributed by atoms with Gasteiger partial charge in [-0.3, -0.25) is 9.59 Å². The fraction of sp³-hybridized carbons (Fsp3) is 0.529. The van der Waals surface area contributed by atoms with Gasteiger partial charge in [-0.15, -0.1) is 0 Å². The number of cyclic esters (lactones) is 1. The lowest BCUT2D eigenvalue weighted by molar-refractivity contribution is -0.158. The lowest BCUT2D eigenvalue weighted by Crippen LogP contribution is -2.57. The minimum atomic E-state index is -1.35. The zero-order chi connectivity index (χ0) is 32.4. The molecule has 0 saturated carbocycles. The first kappa shape index (κ1) is 32.8. The molecule has 4 rings (SSSR count). The van der Waals surface area contributed by atoms with Crippen LogP contribution in [0.1, 0.15) is 71.9 Å². The van der Waals surface area contributed by atoms with E-state index in [1.54, 1.807) is 7.11 Å². The zero-order valence-electron chi connectivity index (χ0n) is 26.9. The molecular formula is C34H44N2O8. The molecule has 2 aromatic carbocycles. The molecule has 0 radical (unpaired) electrons. The van der Waals surface area contributed by atoms with Gasteiger partial charge in [0.05, 0.1) is 27.4 Å². The fourth-order valence-corrected chi connectivity index (χ4v) is 5.95. The molecule has 2 aliphatic heterocycles. The number of alkyl carbamates (subject to hydrolysis) is 1. The summed E-state index contributed by atoms with van der Waals surface area (Å²) in [4.78, 5) is 54.3. The van der Waals surface area contributed by atoms with Gasteiger partial charge in [0.15, 0.2) is 5.60 Å². The van der Waals surface area contributed by atoms with Crippen molar-refractivity contribution in [1.82, 2.24) is 10.2 Å². The predicted molar refractivity (Wildman–Crippen MR) is 166 cm³/mol. The molecule has 2 aliphatic rings. The number of rotatable bonds is 3. The molecule has 3 atom stereocenters. The molecule has 10 nitrogen and oxygen atoms in total. The molecule has 1 fully saturated rings. The van der Waals surface area contributed by atoms with E-state index in [-0.39, 0.29) is 25.0 Å². The molecule has 10 heteroatoms. The molecule has 2 aromatic rings. The molecule has 1 N–H and O–H groups in total. The maximum atomic E-state index is 14.3. The number of methoxy groups -OCH3 is 2. The van der Waals surface area contributed by atoms with E-state index in [4.69, 9.17) is 18.9 Å². The molecule has 0 spiro atoms. The van der Waals surface area contributed by atoms with Crippen molar-refractivity contribution in [1.29, 1.82) is 0 Å². The molecule has 0 aromatic heterocycles. The van der Waals surface area contributed by atoms with Gasteiger partial charge < -0.3 is 29.2 Å². The summed E-state index contributed by atoms with van der Waals surface area (Å²) in [5.74, 6) is -1.01. The van der Waals surface area contributed by atoms with Crippen LogP contribution in [0.25, 0.3) is 16.8 Å². The van der Waals surface area contributed by atoms with Gasteiger partial charge in [0, 0.05) is 18.9 Å². The lowest BCUT2D eigenvalue weighted by Gasteiger charge is -2.35. The number of allylic oxidation sites excluding steroid dienone is 1. The number of fused-ring (bicyclic) bond motifs is 5. The summed E-state index contributed by atoms with van der Waals surface area (Å²) in [6.45, 7) is 11.0. The molecule has 5 bridgehead atoms. The third kappa shape index (κ3) is 7.00. The minimum Gasteiger partial charge on any atom is -0.496 e. The molecule has 2 heterocycles. The number of amides is 2. The third-order valence-corrected chi connectivity index (χ3v) is 8.49. The Morgan fingerprint density at radius 2 is 1.80 bits per heavy atom. The summed E-state index contributed by atoms with van der Waals surface area (Å²) < 4.78 is 22.3. The van der Waals surface area contributed by atoms with E-state index >= 15 is 0 Å². The fourth-order valence-electron chi connectivity index (χ4n) is 5.95. The van der Waals surface area contributed by atoms with Crippen LogP contribution in [0.3, 0.4) is 0 Å². The summed E-state index contributed by atoms with van der Waals surface area (Å²) in [6, 6.07) is 7.52. The highest BCUT2D eigenvalue weighted by Gasteiger charge is 2.54. The Labute approximate surface area is 259 Å². The van der Waals surface area contributed by atoms with Gasteiger partial charge in [0.25, 0.3) is 0 Å². The van der Waals surface area contributed by atoms with Gasteiger partial charge in [-0.05, 0) is 58.2 Å². The summed E-state index contributed by atoms with van der Waals surface area (Å²) >= 11 is 0. The first-order valence-electron chi connectivity index (χ1n) is 14.9. The quantitative estimate of drug-likeness (QED) is 0.366. The molecule has 44 heavy (non-hydrogen) atoms. The van der Waals surface area contributed by atoms with Gasteiger partial charge in [0.1, 0.15) is 17.8 Å². The highest BCUT2D eigenvalue weighted by Crippen LogP contribution is 2.43. The molecule has 238 valence electrons. The Morgan fingerprint density at radius 3 is 2.43 bits per heavy atom. The van der Waals surface area contributed by atoms with Crippen molar-refractivity contribution in [3.8, 4) is 5.75 Å². The van der Waals surface area contributed by atoms with Crippen molar-refractivity contribution in [3.63, 3.8) is 0 Å². The number of ether oxygens (including phenoxy) is 4. The standard InChI is InChI=1S/C34H44N2O8/c1-21(37)44-34-19-26(30(39)42-8)36(20-34)29(38)28(32(2,3)4)35-31(40)43-15-14-33(5,6)13-9-10-23-16-24-17-25(34)12-11-22(24)18-27(23)41-7/h9-12,16-18,26,28H,13-15,19-20H2,1-8H3,(H,35,40)/t26-,28+,34-/m0/s1. The van der Waals surface area contributed by atoms with Crippen molar-refractivity contribution in [2.45, 2.75) is 78.5 Å². The van der Waals surface area contributed by atoms with Crippen LogP contribution in [0.5, 0.6) is 5.75 Å². The van der Waals surface area contributed by atoms with E-state index in [0.717, 1.165) is 22.8 Å². The van der Waals surface area contributed by atoms with E-state index in [2.05, 4.69) is 25.2 Å². The summed E-state index contributed by atoms with van der Waals surface area (Å²) in [6.07, 6.45) is 4.66. The molecular weight excluding hydrogens is 564 g/mol. The van der Waals surface area contributed by atoms with Gasteiger partial charge in [-0.25, -0.2) is 9.59 Å². The number of hydrogen-bond acceptors (Lipinski definition) is 8. The number of nitrogens with one attached hydrogen (secondary N) is 1. The highest BCUT2D eigenvalue weighted by atomic mass is 16.6. The van der Waals surface area contributed by atoms with Crippen molar-refractivity contribution >= 4 is 40.8 Å². The van der Waals surface area contributed by atoms with E-state index in [0.29, 0.717) is 17.7 Å². The van der Waals surface area contributed by atoms with Crippen LogP contribution in [0.15, 0.2) is 36.4 Å². The maximum absolute atomic E-state index is 14.3. The molecule has 2 amide bonds. The summed E-state index contributed by atoms with van der Waals surface area (Å²) in [5, 5.41) is 4.53. The van der Waals surface area contributed by atoms with Crippen molar-refractivity contribution in [3.05, 3.63) is 47.5 Å². The van der Waals surface area contributed by atoms with Crippen LogP contribution in [0, 0.1) is 10.8 Å². The number of carbonyl (C=O) groups is 4. The third-order valence-electron chi connectivity index (χ3n) is 8.49. The first-order chi connectivity index (χ1) is 20.6. The van der Waals surface area contributed by atoms with Crippen LogP contribution in [-0.2, 0) is 34.2 Å². The van der Waals surface area contributed by atoms with Crippen LogP contribution >= 0.6 is 0 Å². The van der Waals surface area contributed by atoms with E-state index in [9.17, 15) is 19.2 Å². The average Bonchev–Trinajstić information content (AvgIpc) is 3.33. The van der Waals surface area contributed by atoms with Crippen molar-refractivity contribution in [2.24, 2.45) is 10.8 Å². The maximum Gasteiger partial charge on any atom is 0.407 e. The largest absolute Gasteiger partial charge is 0.496 e. The SMILES string of the molecule is COC(=O)[C@@H]1C[C@]2(OC(C)=O)CN1C(=O)[C@H](C(C)(C)C)NC(=O)OCCC(C)(C)CC=Cc1cc3cc2ccc3cc1OC. The Kier molecular flexibility index (Phi) is 9.32. The Balaban J connectivity index is 1.92. The van der Waals surface area contributed by atoms with Gasteiger partial charge in [-0.1, -0.05) is 58.9 Å². The molecule has 0 unspecified atom stereocenters. The van der Waals surface area contributed by atoms with E-state index < -0.39 is 47.0 Å². The van der Waals surface area contributed by atoms with Crippen molar-refractivity contribution in [2.75, 3.05) is 27.4 Å². The minimum absolute atomic E-state index is 0.0180. The average molecular weight is 609 g/mol. The van der Waals surface area contributed by atoms with Crippen molar-refractivity contribution < 1.29 is 38.1 Å². The second kappa shape index (κ2) is 12.5. The van der Waals surface area contributed by atoms with Crippen LogP contribution in [0.2, 0.25) is 0 Å². The monoisotopic (exact) mass is 608 g/mol. The Hall–Kier alpha value is -4.08. The van der Waals surface area contributed by atoms with Crippen LogP contribution < -0.4 is 10.1 Å².